The Morgan fingerprint density at radius 3 is 2.27 bits per heavy atom. The SMILES string of the molecule is CCCOc1ccc(C(=O)NNC(=O)c2ccccn2)cc1OCCC. The van der Waals surface area contributed by atoms with Gasteiger partial charge in [0.1, 0.15) is 5.69 Å². The average molecular weight is 357 g/mol. The number of carbonyl (C=O) groups excluding carboxylic acids is 2. The molecule has 0 aliphatic heterocycles. The highest BCUT2D eigenvalue weighted by Crippen LogP contribution is 2.28. The molecule has 0 unspecified atom stereocenters. The first-order valence-electron chi connectivity index (χ1n) is 8.57. The quantitative estimate of drug-likeness (QED) is 0.709. The van der Waals surface area contributed by atoms with E-state index in [2.05, 4.69) is 15.8 Å². The van der Waals surface area contributed by atoms with Gasteiger partial charge in [-0.05, 0) is 43.2 Å². The number of hydrazine groups is 1. The van der Waals surface area contributed by atoms with Gasteiger partial charge >= 0.3 is 0 Å². The number of carbonyl (C=O) groups is 2. The highest BCUT2D eigenvalue weighted by Gasteiger charge is 2.13. The minimum atomic E-state index is -0.496. The molecule has 1 aromatic carbocycles. The van der Waals surface area contributed by atoms with Crippen LogP contribution in [-0.2, 0) is 0 Å². The fourth-order valence-electron chi connectivity index (χ4n) is 2.05. The topological polar surface area (TPSA) is 89.6 Å². The zero-order valence-electron chi connectivity index (χ0n) is 15.0. The smallest absolute Gasteiger partial charge is 0.288 e. The Morgan fingerprint density at radius 1 is 0.923 bits per heavy atom. The molecule has 2 aromatic rings. The molecule has 7 heteroatoms. The number of aromatic nitrogens is 1. The van der Waals surface area contributed by atoms with Gasteiger partial charge in [-0.3, -0.25) is 25.4 Å². The van der Waals surface area contributed by atoms with Gasteiger partial charge in [0.2, 0.25) is 0 Å². The number of benzene rings is 1. The maximum atomic E-state index is 12.3. The van der Waals surface area contributed by atoms with E-state index < -0.39 is 11.8 Å². The molecule has 2 N–H and O–H groups in total. The lowest BCUT2D eigenvalue weighted by Gasteiger charge is -2.14. The second kappa shape index (κ2) is 10.0. The predicted octanol–water partition coefficient (Wildman–Crippen LogP) is 2.73. The van der Waals surface area contributed by atoms with Gasteiger partial charge in [-0.25, -0.2) is 0 Å². The van der Waals surface area contributed by atoms with Crippen molar-refractivity contribution < 1.29 is 19.1 Å². The van der Waals surface area contributed by atoms with Gasteiger partial charge in [-0.1, -0.05) is 19.9 Å². The minimum Gasteiger partial charge on any atom is -0.490 e. The van der Waals surface area contributed by atoms with E-state index in [1.54, 1.807) is 36.4 Å². The third-order valence-corrected chi connectivity index (χ3v) is 3.32. The molecule has 138 valence electrons. The predicted molar refractivity (Wildman–Crippen MR) is 97.2 cm³/mol. The summed E-state index contributed by atoms with van der Waals surface area (Å²) in [6.45, 7) is 5.09. The van der Waals surface area contributed by atoms with E-state index in [-0.39, 0.29) is 5.69 Å². The standard InChI is InChI=1S/C19H23N3O4/c1-3-11-25-16-9-8-14(13-17(16)26-12-4-2)18(23)21-22-19(24)15-7-5-6-10-20-15/h5-10,13H,3-4,11-12H2,1-2H3,(H,21,23)(H,22,24). The van der Waals surface area contributed by atoms with Crippen LogP contribution >= 0.6 is 0 Å². The third-order valence-electron chi connectivity index (χ3n) is 3.32. The zero-order chi connectivity index (χ0) is 18.8. The van der Waals surface area contributed by atoms with Crippen molar-refractivity contribution in [2.75, 3.05) is 13.2 Å². The summed E-state index contributed by atoms with van der Waals surface area (Å²) in [5.74, 6) is 0.139. The number of rotatable bonds is 8. The van der Waals surface area contributed by atoms with Crippen molar-refractivity contribution in [1.82, 2.24) is 15.8 Å². The molecular weight excluding hydrogens is 334 g/mol. The van der Waals surface area contributed by atoms with Crippen LogP contribution in [0, 0.1) is 0 Å². The van der Waals surface area contributed by atoms with Crippen molar-refractivity contribution >= 4 is 11.8 Å². The first-order valence-corrected chi connectivity index (χ1v) is 8.57. The first-order chi connectivity index (χ1) is 12.7. The Labute approximate surface area is 152 Å². The fourth-order valence-corrected chi connectivity index (χ4v) is 2.05. The lowest BCUT2D eigenvalue weighted by Crippen LogP contribution is -2.41. The van der Waals surface area contributed by atoms with Crippen molar-refractivity contribution in [3.63, 3.8) is 0 Å². The van der Waals surface area contributed by atoms with Crippen LogP contribution in [0.25, 0.3) is 0 Å². The number of ether oxygens (including phenoxy) is 2. The van der Waals surface area contributed by atoms with Crippen molar-refractivity contribution in [2.24, 2.45) is 0 Å². The van der Waals surface area contributed by atoms with E-state index in [0.717, 1.165) is 12.8 Å². The summed E-state index contributed by atoms with van der Waals surface area (Å²) >= 11 is 0. The second-order valence-corrected chi connectivity index (χ2v) is 5.48. The van der Waals surface area contributed by atoms with E-state index in [1.165, 1.54) is 6.20 Å². The fraction of sp³-hybridized carbons (Fsp3) is 0.316. The van der Waals surface area contributed by atoms with Crippen LogP contribution in [0.15, 0.2) is 42.6 Å². The lowest BCUT2D eigenvalue weighted by molar-refractivity contribution is 0.0843. The Kier molecular flexibility index (Phi) is 7.42. The number of pyridine rings is 1. The van der Waals surface area contributed by atoms with Crippen LogP contribution in [0.4, 0.5) is 0 Å². The molecule has 0 aliphatic carbocycles. The van der Waals surface area contributed by atoms with Crippen molar-refractivity contribution in [3.8, 4) is 11.5 Å². The molecule has 1 heterocycles. The van der Waals surface area contributed by atoms with Crippen molar-refractivity contribution in [2.45, 2.75) is 26.7 Å². The van der Waals surface area contributed by atoms with E-state index in [0.29, 0.717) is 30.3 Å². The molecule has 2 amide bonds. The molecule has 26 heavy (non-hydrogen) atoms. The number of amides is 2. The lowest BCUT2D eigenvalue weighted by atomic mass is 10.2. The van der Waals surface area contributed by atoms with Gasteiger partial charge in [-0.2, -0.15) is 0 Å². The number of nitrogens with zero attached hydrogens (tertiary/aromatic N) is 1. The summed E-state index contributed by atoms with van der Waals surface area (Å²) in [5.41, 5.74) is 5.26. The highest BCUT2D eigenvalue weighted by atomic mass is 16.5. The van der Waals surface area contributed by atoms with E-state index in [9.17, 15) is 9.59 Å². The van der Waals surface area contributed by atoms with Gasteiger partial charge in [0.25, 0.3) is 11.8 Å². The summed E-state index contributed by atoms with van der Waals surface area (Å²) in [5, 5.41) is 0. The monoisotopic (exact) mass is 357 g/mol. The molecule has 2 rings (SSSR count). The number of hydrogen-bond donors (Lipinski definition) is 2. The van der Waals surface area contributed by atoms with Gasteiger partial charge in [0.05, 0.1) is 13.2 Å². The van der Waals surface area contributed by atoms with Gasteiger partial charge < -0.3 is 9.47 Å². The first kappa shape index (κ1) is 19.2. The molecule has 0 bridgehead atoms. The molecule has 0 aliphatic rings. The Bertz CT molecular complexity index is 735. The van der Waals surface area contributed by atoms with Crippen LogP contribution in [0.5, 0.6) is 11.5 Å². The second-order valence-electron chi connectivity index (χ2n) is 5.48. The summed E-state index contributed by atoms with van der Waals surface area (Å²) in [6.07, 6.45) is 3.21. The molecular formula is C19H23N3O4. The van der Waals surface area contributed by atoms with E-state index in [1.807, 2.05) is 13.8 Å². The number of hydrogen-bond acceptors (Lipinski definition) is 5. The minimum absolute atomic E-state index is 0.211. The molecule has 7 nitrogen and oxygen atoms in total. The largest absolute Gasteiger partial charge is 0.490 e. The molecule has 0 fully saturated rings. The van der Waals surface area contributed by atoms with Gasteiger partial charge in [-0.15, -0.1) is 0 Å². The maximum Gasteiger partial charge on any atom is 0.288 e. The Hall–Kier alpha value is -3.09. The summed E-state index contributed by atoms with van der Waals surface area (Å²) in [7, 11) is 0. The van der Waals surface area contributed by atoms with E-state index in [4.69, 9.17) is 9.47 Å². The van der Waals surface area contributed by atoms with Crippen LogP contribution < -0.4 is 20.3 Å². The zero-order valence-corrected chi connectivity index (χ0v) is 15.0. The summed E-state index contributed by atoms with van der Waals surface area (Å²) in [4.78, 5) is 28.1. The normalized spacial score (nSPS) is 10.1. The summed E-state index contributed by atoms with van der Waals surface area (Å²) < 4.78 is 11.3. The van der Waals surface area contributed by atoms with Gasteiger partial charge in [0.15, 0.2) is 11.5 Å². The van der Waals surface area contributed by atoms with Crippen LogP contribution in [0.1, 0.15) is 47.5 Å². The Balaban J connectivity index is 2.04. The molecule has 0 saturated heterocycles. The third kappa shape index (κ3) is 5.47. The van der Waals surface area contributed by atoms with Crippen LogP contribution in [0.3, 0.4) is 0 Å². The molecule has 0 atom stereocenters. The number of nitrogens with one attached hydrogen (secondary N) is 2. The Morgan fingerprint density at radius 2 is 1.62 bits per heavy atom. The van der Waals surface area contributed by atoms with Crippen molar-refractivity contribution in [3.05, 3.63) is 53.9 Å². The maximum absolute atomic E-state index is 12.3. The molecule has 0 radical (unpaired) electrons. The molecule has 0 spiro atoms. The molecule has 0 saturated carbocycles. The van der Waals surface area contributed by atoms with Crippen LogP contribution in [-0.4, -0.2) is 30.0 Å². The molecule has 1 aromatic heterocycles. The summed E-state index contributed by atoms with van der Waals surface area (Å²) in [6, 6.07) is 9.86. The van der Waals surface area contributed by atoms with Gasteiger partial charge in [0, 0.05) is 11.8 Å². The van der Waals surface area contributed by atoms with E-state index >= 15 is 0 Å². The average Bonchev–Trinajstić information content (AvgIpc) is 2.69. The van der Waals surface area contributed by atoms with Crippen molar-refractivity contribution in [1.29, 1.82) is 0 Å². The highest BCUT2D eigenvalue weighted by molar-refractivity contribution is 5.98. The van der Waals surface area contributed by atoms with Crippen LogP contribution in [0.2, 0.25) is 0 Å².